The number of carbonyl (C=O) groups is 2. The standard InChI is InChI=1S/C15H18N2O3/c18-14-12-8-4-7-11(9-10-5-2-1-3-6-10)13(12)16-15(19)17(14)20/h1-3,5-6,11-13,20H,4,7-9H2,(H,16,19). The van der Waals surface area contributed by atoms with Crippen LogP contribution in [0.2, 0.25) is 0 Å². The molecule has 106 valence electrons. The second kappa shape index (κ2) is 5.25. The van der Waals surface area contributed by atoms with Gasteiger partial charge in [0, 0.05) is 6.04 Å². The highest BCUT2D eigenvalue weighted by Crippen LogP contribution is 2.34. The van der Waals surface area contributed by atoms with Crippen LogP contribution in [0.25, 0.3) is 0 Å². The minimum Gasteiger partial charge on any atom is -0.332 e. The average molecular weight is 274 g/mol. The Morgan fingerprint density at radius 1 is 1.20 bits per heavy atom. The topological polar surface area (TPSA) is 69.6 Å². The number of urea groups is 1. The van der Waals surface area contributed by atoms with Crippen LogP contribution in [0, 0.1) is 11.8 Å². The Morgan fingerprint density at radius 3 is 2.70 bits per heavy atom. The van der Waals surface area contributed by atoms with Crippen molar-refractivity contribution < 1.29 is 14.8 Å². The first kappa shape index (κ1) is 13.1. The molecule has 1 heterocycles. The Labute approximate surface area is 117 Å². The van der Waals surface area contributed by atoms with Crippen LogP contribution in [-0.4, -0.2) is 28.3 Å². The van der Waals surface area contributed by atoms with Crippen LogP contribution in [0.5, 0.6) is 0 Å². The predicted molar refractivity (Wildman–Crippen MR) is 71.9 cm³/mol. The average Bonchev–Trinajstić information content (AvgIpc) is 2.47. The van der Waals surface area contributed by atoms with E-state index in [2.05, 4.69) is 17.4 Å². The lowest BCUT2D eigenvalue weighted by atomic mass is 9.73. The molecule has 1 saturated heterocycles. The summed E-state index contributed by atoms with van der Waals surface area (Å²) in [6.45, 7) is 0. The normalized spacial score (nSPS) is 29.9. The largest absolute Gasteiger partial charge is 0.348 e. The summed E-state index contributed by atoms with van der Waals surface area (Å²) in [5.41, 5.74) is 1.21. The molecule has 1 aromatic rings. The fourth-order valence-corrected chi connectivity index (χ4v) is 3.39. The number of amides is 3. The molecule has 0 spiro atoms. The zero-order chi connectivity index (χ0) is 14.1. The molecule has 0 aromatic heterocycles. The number of fused-ring (bicyclic) bond motifs is 1. The lowest BCUT2D eigenvalue weighted by Crippen LogP contribution is -2.62. The van der Waals surface area contributed by atoms with E-state index in [4.69, 9.17) is 0 Å². The van der Waals surface area contributed by atoms with Crippen LogP contribution in [0.4, 0.5) is 4.79 Å². The third-order valence-electron chi connectivity index (χ3n) is 4.38. The summed E-state index contributed by atoms with van der Waals surface area (Å²) in [6.07, 6.45) is 3.52. The molecule has 2 fully saturated rings. The molecule has 2 aliphatic rings. The highest BCUT2D eigenvalue weighted by molar-refractivity contribution is 5.97. The fourth-order valence-electron chi connectivity index (χ4n) is 3.39. The van der Waals surface area contributed by atoms with Gasteiger partial charge in [0.05, 0.1) is 5.92 Å². The van der Waals surface area contributed by atoms with Gasteiger partial charge in [0.15, 0.2) is 0 Å². The van der Waals surface area contributed by atoms with Crippen molar-refractivity contribution in [2.75, 3.05) is 0 Å². The van der Waals surface area contributed by atoms with E-state index in [9.17, 15) is 14.8 Å². The Morgan fingerprint density at radius 2 is 1.95 bits per heavy atom. The van der Waals surface area contributed by atoms with E-state index in [0.29, 0.717) is 0 Å². The molecule has 2 N–H and O–H groups in total. The Balaban J connectivity index is 1.79. The minimum absolute atomic E-state index is 0.160. The van der Waals surface area contributed by atoms with Crippen molar-refractivity contribution in [3.63, 3.8) is 0 Å². The van der Waals surface area contributed by atoms with Crippen molar-refractivity contribution in [2.45, 2.75) is 31.7 Å². The molecule has 3 rings (SSSR count). The Bertz CT molecular complexity index is 517. The summed E-state index contributed by atoms with van der Waals surface area (Å²) in [5, 5.41) is 12.4. The summed E-state index contributed by atoms with van der Waals surface area (Å²) < 4.78 is 0. The first-order chi connectivity index (χ1) is 9.66. The van der Waals surface area contributed by atoms with Gasteiger partial charge in [-0.15, -0.1) is 5.06 Å². The quantitative estimate of drug-likeness (QED) is 0.810. The van der Waals surface area contributed by atoms with Crippen LogP contribution >= 0.6 is 0 Å². The van der Waals surface area contributed by atoms with Crippen molar-refractivity contribution in [1.82, 2.24) is 10.4 Å². The van der Waals surface area contributed by atoms with Gasteiger partial charge in [0.1, 0.15) is 0 Å². The predicted octanol–water partition coefficient (Wildman–Crippen LogP) is 1.96. The fraction of sp³-hybridized carbons (Fsp3) is 0.467. The van der Waals surface area contributed by atoms with Gasteiger partial charge in [-0.1, -0.05) is 36.8 Å². The monoisotopic (exact) mass is 274 g/mol. The number of carbonyl (C=O) groups excluding carboxylic acids is 2. The number of rotatable bonds is 2. The maximum atomic E-state index is 12.0. The maximum Gasteiger partial charge on any atom is 0.348 e. The number of nitrogens with one attached hydrogen (secondary N) is 1. The van der Waals surface area contributed by atoms with E-state index in [1.54, 1.807) is 0 Å². The van der Waals surface area contributed by atoms with Crippen LogP contribution < -0.4 is 5.32 Å². The molecule has 3 amide bonds. The van der Waals surface area contributed by atoms with Crippen molar-refractivity contribution in [3.8, 4) is 0 Å². The lowest BCUT2D eigenvalue weighted by Gasteiger charge is -2.42. The zero-order valence-corrected chi connectivity index (χ0v) is 11.2. The van der Waals surface area contributed by atoms with Gasteiger partial charge in [-0.2, -0.15) is 0 Å². The van der Waals surface area contributed by atoms with E-state index in [-0.39, 0.29) is 22.9 Å². The van der Waals surface area contributed by atoms with Crippen molar-refractivity contribution in [2.24, 2.45) is 11.8 Å². The molecule has 5 heteroatoms. The third-order valence-corrected chi connectivity index (χ3v) is 4.38. The van der Waals surface area contributed by atoms with E-state index in [1.807, 2.05) is 18.2 Å². The molecule has 1 aliphatic carbocycles. The van der Waals surface area contributed by atoms with Gasteiger partial charge < -0.3 is 5.32 Å². The minimum atomic E-state index is -0.698. The van der Waals surface area contributed by atoms with Gasteiger partial charge in [-0.25, -0.2) is 4.79 Å². The smallest absolute Gasteiger partial charge is 0.332 e. The van der Waals surface area contributed by atoms with Gasteiger partial charge in [0.25, 0.3) is 5.91 Å². The Kier molecular flexibility index (Phi) is 3.44. The van der Waals surface area contributed by atoms with E-state index < -0.39 is 11.9 Å². The molecule has 1 saturated carbocycles. The highest BCUT2D eigenvalue weighted by Gasteiger charge is 2.45. The molecule has 5 nitrogen and oxygen atoms in total. The first-order valence-electron chi connectivity index (χ1n) is 7.04. The second-order valence-corrected chi connectivity index (χ2v) is 5.61. The molecule has 1 aromatic carbocycles. The summed E-state index contributed by atoms with van der Waals surface area (Å²) in [4.78, 5) is 23.6. The van der Waals surface area contributed by atoms with Gasteiger partial charge >= 0.3 is 6.03 Å². The Hall–Kier alpha value is -1.88. The van der Waals surface area contributed by atoms with E-state index >= 15 is 0 Å². The van der Waals surface area contributed by atoms with Crippen molar-refractivity contribution in [3.05, 3.63) is 35.9 Å². The third kappa shape index (κ3) is 2.29. The number of hydrogen-bond acceptors (Lipinski definition) is 3. The number of hydrogen-bond donors (Lipinski definition) is 2. The van der Waals surface area contributed by atoms with Crippen molar-refractivity contribution in [1.29, 1.82) is 0 Å². The van der Waals surface area contributed by atoms with Crippen LogP contribution in [-0.2, 0) is 11.2 Å². The molecule has 0 radical (unpaired) electrons. The highest BCUT2D eigenvalue weighted by atomic mass is 16.5. The second-order valence-electron chi connectivity index (χ2n) is 5.61. The molecule has 0 bridgehead atoms. The van der Waals surface area contributed by atoms with Gasteiger partial charge in [-0.3, -0.25) is 10.0 Å². The summed E-state index contributed by atoms with van der Waals surface area (Å²) >= 11 is 0. The van der Waals surface area contributed by atoms with E-state index in [1.165, 1.54) is 5.56 Å². The first-order valence-corrected chi connectivity index (χ1v) is 7.04. The molecule has 20 heavy (non-hydrogen) atoms. The molecule has 3 unspecified atom stereocenters. The summed E-state index contributed by atoms with van der Waals surface area (Å²) in [6, 6.07) is 9.24. The molecule has 1 aliphatic heterocycles. The van der Waals surface area contributed by atoms with Crippen LogP contribution in [0.1, 0.15) is 24.8 Å². The summed E-state index contributed by atoms with van der Waals surface area (Å²) in [7, 11) is 0. The number of benzene rings is 1. The number of nitrogens with zero attached hydrogens (tertiary/aromatic N) is 1. The van der Waals surface area contributed by atoms with Crippen LogP contribution in [0.15, 0.2) is 30.3 Å². The molecule has 3 atom stereocenters. The molecular formula is C15H18N2O3. The molecular weight excluding hydrogens is 256 g/mol. The number of imide groups is 1. The summed E-state index contributed by atoms with van der Waals surface area (Å²) in [5.74, 6) is -0.505. The zero-order valence-electron chi connectivity index (χ0n) is 11.2. The van der Waals surface area contributed by atoms with Crippen LogP contribution in [0.3, 0.4) is 0 Å². The van der Waals surface area contributed by atoms with Gasteiger partial charge in [0.2, 0.25) is 0 Å². The SMILES string of the molecule is O=C1NC2C(Cc3ccccc3)CCCC2C(=O)N1O. The van der Waals surface area contributed by atoms with Gasteiger partial charge in [-0.05, 0) is 30.7 Å². The van der Waals surface area contributed by atoms with Crippen molar-refractivity contribution >= 4 is 11.9 Å². The number of hydroxylamine groups is 2. The maximum absolute atomic E-state index is 12.0. The lowest BCUT2D eigenvalue weighted by molar-refractivity contribution is -0.164. The van der Waals surface area contributed by atoms with E-state index in [0.717, 1.165) is 25.7 Å².